The molecule has 0 atom stereocenters. The molecule has 0 fully saturated rings. The van der Waals surface area contributed by atoms with E-state index in [4.69, 9.17) is 19.3 Å². The standard InChI is InChI=1S/C25H26F2N6O4/c1-13-8-31-21(37-13)12-32-18-6-17(16(10-29-3)14(2)28)30-9-15(18)11-33(25(32)34)24-22(26)19(35-4)7-20(36-5)23(24)27/h6-10,28-29H,11-12H2,1-5H3/b16-10+,28-14?. The van der Waals surface area contributed by atoms with Crippen LogP contribution in [0.3, 0.4) is 0 Å². The van der Waals surface area contributed by atoms with E-state index in [0.717, 1.165) is 11.0 Å². The zero-order valence-corrected chi connectivity index (χ0v) is 21.0. The van der Waals surface area contributed by atoms with Gasteiger partial charge in [0.1, 0.15) is 18.0 Å². The van der Waals surface area contributed by atoms with E-state index in [0.29, 0.717) is 28.3 Å². The molecule has 0 saturated heterocycles. The van der Waals surface area contributed by atoms with Crippen molar-refractivity contribution in [3.63, 3.8) is 0 Å². The molecule has 12 heteroatoms. The Morgan fingerprint density at radius 3 is 2.41 bits per heavy atom. The van der Waals surface area contributed by atoms with Crippen molar-refractivity contribution >= 4 is 28.7 Å². The largest absolute Gasteiger partial charge is 0.493 e. The number of carbonyl (C=O) groups is 1. The molecule has 2 N–H and O–H groups in total. The van der Waals surface area contributed by atoms with Crippen LogP contribution in [0.5, 0.6) is 11.5 Å². The molecule has 10 nitrogen and oxygen atoms in total. The summed E-state index contributed by atoms with van der Waals surface area (Å²) in [4.78, 5) is 24.7. The summed E-state index contributed by atoms with van der Waals surface area (Å²) in [6, 6.07) is 2.01. The van der Waals surface area contributed by atoms with Crippen LogP contribution in [0.15, 0.2) is 35.1 Å². The topological polar surface area (TPSA) is 117 Å². The van der Waals surface area contributed by atoms with E-state index in [9.17, 15) is 4.79 Å². The molecule has 2 aromatic heterocycles. The van der Waals surface area contributed by atoms with E-state index in [2.05, 4.69) is 15.3 Å². The molecule has 1 aliphatic rings. The third-order valence-electron chi connectivity index (χ3n) is 5.79. The molecule has 3 aromatic rings. The minimum Gasteiger partial charge on any atom is -0.493 e. The Hall–Kier alpha value is -4.48. The van der Waals surface area contributed by atoms with Crippen molar-refractivity contribution in [2.75, 3.05) is 31.1 Å². The van der Waals surface area contributed by atoms with E-state index in [-0.39, 0.29) is 36.2 Å². The number of allylic oxidation sites excluding steroid dienone is 1. The van der Waals surface area contributed by atoms with Crippen LogP contribution in [-0.2, 0) is 13.1 Å². The first-order chi connectivity index (χ1) is 17.7. The van der Waals surface area contributed by atoms with Crippen molar-refractivity contribution in [1.82, 2.24) is 15.3 Å². The number of ether oxygens (including phenoxy) is 2. The predicted molar refractivity (Wildman–Crippen MR) is 133 cm³/mol. The summed E-state index contributed by atoms with van der Waals surface area (Å²) < 4.78 is 46.4. The summed E-state index contributed by atoms with van der Waals surface area (Å²) in [5.74, 6) is -1.88. The number of methoxy groups -OCH3 is 2. The fourth-order valence-electron chi connectivity index (χ4n) is 4.05. The highest BCUT2D eigenvalue weighted by atomic mass is 19.1. The molecule has 1 aliphatic heterocycles. The number of fused-ring (bicyclic) bond motifs is 1. The van der Waals surface area contributed by atoms with Crippen LogP contribution in [0.4, 0.5) is 25.0 Å². The number of aromatic nitrogens is 2. The van der Waals surface area contributed by atoms with Crippen molar-refractivity contribution in [3.05, 3.63) is 65.3 Å². The molecule has 1 aromatic carbocycles. The molecular formula is C25H26F2N6O4. The molecule has 4 rings (SSSR count). The molecule has 0 spiro atoms. The van der Waals surface area contributed by atoms with Gasteiger partial charge in [0.05, 0.1) is 38.3 Å². The van der Waals surface area contributed by atoms with Gasteiger partial charge in [-0.05, 0) is 19.9 Å². The Bertz CT molecular complexity index is 1380. The van der Waals surface area contributed by atoms with Gasteiger partial charge < -0.3 is 24.6 Å². The number of rotatable bonds is 8. The lowest BCUT2D eigenvalue weighted by atomic mass is 10.0. The Balaban J connectivity index is 1.89. The molecule has 3 heterocycles. The minimum absolute atomic E-state index is 0.112. The van der Waals surface area contributed by atoms with Crippen LogP contribution < -0.4 is 24.6 Å². The van der Waals surface area contributed by atoms with Gasteiger partial charge in [-0.2, -0.15) is 0 Å². The van der Waals surface area contributed by atoms with Gasteiger partial charge in [0, 0.05) is 42.4 Å². The van der Waals surface area contributed by atoms with Crippen molar-refractivity contribution < 1.29 is 27.5 Å². The van der Waals surface area contributed by atoms with E-state index in [1.807, 2.05) is 0 Å². The monoisotopic (exact) mass is 512 g/mol. The Morgan fingerprint density at radius 1 is 1.19 bits per heavy atom. The number of halogens is 2. The number of hydrogen-bond donors (Lipinski definition) is 2. The zero-order chi connectivity index (χ0) is 26.9. The van der Waals surface area contributed by atoms with Gasteiger partial charge in [-0.25, -0.2) is 18.6 Å². The summed E-state index contributed by atoms with van der Waals surface area (Å²) in [5, 5.41) is 11.0. The second kappa shape index (κ2) is 10.2. The number of nitrogens with one attached hydrogen (secondary N) is 2. The van der Waals surface area contributed by atoms with Crippen LogP contribution in [0, 0.1) is 24.0 Å². The van der Waals surface area contributed by atoms with Gasteiger partial charge in [0.15, 0.2) is 23.1 Å². The number of carbonyl (C=O) groups excluding carboxylic acids is 1. The van der Waals surface area contributed by atoms with Crippen molar-refractivity contribution in [2.45, 2.75) is 26.9 Å². The average molecular weight is 513 g/mol. The normalized spacial score (nSPS) is 13.5. The number of nitrogens with zero attached hydrogens (tertiary/aromatic N) is 4. The van der Waals surface area contributed by atoms with Crippen LogP contribution in [-0.4, -0.2) is 43.0 Å². The van der Waals surface area contributed by atoms with Gasteiger partial charge in [-0.15, -0.1) is 0 Å². The molecule has 0 saturated carbocycles. The van der Waals surface area contributed by atoms with Gasteiger partial charge in [-0.3, -0.25) is 14.8 Å². The smallest absolute Gasteiger partial charge is 0.329 e. The molecule has 0 unspecified atom stereocenters. The van der Waals surface area contributed by atoms with Crippen molar-refractivity contribution in [2.24, 2.45) is 0 Å². The molecule has 0 bridgehead atoms. The van der Waals surface area contributed by atoms with Gasteiger partial charge in [0.25, 0.3) is 0 Å². The average Bonchev–Trinajstić information content (AvgIpc) is 3.29. The third-order valence-corrected chi connectivity index (χ3v) is 5.79. The van der Waals surface area contributed by atoms with Crippen LogP contribution >= 0.6 is 0 Å². The number of amides is 2. The number of pyridine rings is 1. The summed E-state index contributed by atoms with van der Waals surface area (Å²) >= 11 is 0. The number of urea groups is 1. The van der Waals surface area contributed by atoms with E-state index >= 15 is 8.78 Å². The summed E-state index contributed by atoms with van der Waals surface area (Å²) in [6.07, 6.45) is 4.65. The van der Waals surface area contributed by atoms with Crippen LogP contribution in [0.1, 0.15) is 29.8 Å². The van der Waals surface area contributed by atoms with E-state index < -0.39 is 23.4 Å². The number of aryl methyl sites for hydroxylation is 1. The second-order valence-electron chi connectivity index (χ2n) is 8.25. The predicted octanol–water partition coefficient (Wildman–Crippen LogP) is 4.42. The second-order valence-corrected chi connectivity index (χ2v) is 8.25. The lowest BCUT2D eigenvalue weighted by Crippen LogP contribution is -2.48. The number of oxazole rings is 1. The molecular weight excluding hydrogens is 486 g/mol. The number of benzene rings is 1. The molecule has 37 heavy (non-hydrogen) atoms. The Morgan fingerprint density at radius 2 is 1.86 bits per heavy atom. The highest BCUT2D eigenvalue weighted by molar-refractivity contribution is 6.20. The summed E-state index contributed by atoms with van der Waals surface area (Å²) in [7, 11) is 4.17. The van der Waals surface area contributed by atoms with Gasteiger partial charge in [-0.1, -0.05) is 0 Å². The number of hydrogen-bond acceptors (Lipinski definition) is 8. The van der Waals surface area contributed by atoms with Crippen LogP contribution in [0.25, 0.3) is 5.57 Å². The zero-order valence-electron chi connectivity index (χ0n) is 21.0. The fourth-order valence-corrected chi connectivity index (χ4v) is 4.05. The minimum atomic E-state index is -1.05. The summed E-state index contributed by atoms with van der Waals surface area (Å²) in [5.41, 5.74) is 1.56. The maximum absolute atomic E-state index is 15.4. The maximum Gasteiger partial charge on any atom is 0.329 e. The highest BCUT2D eigenvalue weighted by Gasteiger charge is 2.37. The lowest BCUT2D eigenvalue weighted by Gasteiger charge is -2.37. The first kappa shape index (κ1) is 25.6. The Labute approximate surface area is 212 Å². The maximum atomic E-state index is 15.4. The molecule has 194 valence electrons. The van der Waals surface area contributed by atoms with Crippen molar-refractivity contribution in [1.29, 1.82) is 5.41 Å². The van der Waals surface area contributed by atoms with Crippen LogP contribution in [0.2, 0.25) is 0 Å². The quantitative estimate of drug-likeness (QED) is 0.429. The SMILES string of the molecule is CN/C=C(\C(C)=N)c1cc2c(cn1)CN(c1c(F)c(OC)cc(OC)c1F)C(=O)N2Cc1ncc(C)o1. The highest BCUT2D eigenvalue weighted by Crippen LogP contribution is 2.41. The van der Waals surface area contributed by atoms with E-state index in [1.54, 1.807) is 33.2 Å². The molecule has 0 aliphatic carbocycles. The van der Waals surface area contributed by atoms with Gasteiger partial charge in [0.2, 0.25) is 5.89 Å². The molecule has 2 amide bonds. The lowest BCUT2D eigenvalue weighted by molar-refractivity contribution is 0.248. The number of anilines is 2. The summed E-state index contributed by atoms with van der Waals surface area (Å²) in [6.45, 7) is 3.04. The first-order valence-electron chi connectivity index (χ1n) is 11.2. The van der Waals surface area contributed by atoms with Crippen molar-refractivity contribution in [3.8, 4) is 11.5 Å². The Kier molecular flexibility index (Phi) is 7.09. The van der Waals surface area contributed by atoms with Gasteiger partial charge >= 0.3 is 6.03 Å². The fraction of sp³-hybridized carbons (Fsp3) is 0.280. The third kappa shape index (κ3) is 4.69. The van der Waals surface area contributed by atoms with E-state index in [1.165, 1.54) is 31.5 Å². The first-order valence-corrected chi connectivity index (χ1v) is 11.2. The molecule has 0 radical (unpaired) electrons.